The number of nitrogens with one attached hydrogen (secondary N) is 1. The molecule has 0 aromatic heterocycles. The number of sulfonamides is 1. The van der Waals surface area contributed by atoms with Crippen LogP contribution in [-0.2, 0) is 10.0 Å². The fourth-order valence-corrected chi connectivity index (χ4v) is 3.69. The largest absolute Gasteiger partial charge is 0.495 e. The average molecular weight is 298 g/mol. The second-order valence-electron chi connectivity index (χ2n) is 5.10. The third-order valence-electron chi connectivity index (χ3n) is 3.53. The molecular weight excluding hydrogens is 276 g/mol. The van der Waals surface area contributed by atoms with Gasteiger partial charge in [-0.3, -0.25) is 0 Å². The summed E-state index contributed by atoms with van der Waals surface area (Å²) in [5.41, 5.74) is 0.894. The average Bonchev–Trinajstić information content (AvgIpc) is 2.91. The third-order valence-corrected chi connectivity index (χ3v) is 5.01. The van der Waals surface area contributed by atoms with E-state index in [4.69, 9.17) is 4.74 Å². The van der Waals surface area contributed by atoms with Crippen LogP contribution in [0, 0.1) is 6.92 Å². The summed E-state index contributed by atoms with van der Waals surface area (Å²) in [5, 5.41) is 0. The van der Waals surface area contributed by atoms with Gasteiger partial charge < -0.3 is 9.64 Å². The molecule has 0 aliphatic carbocycles. The van der Waals surface area contributed by atoms with E-state index < -0.39 is 10.0 Å². The molecule has 1 saturated heterocycles. The highest BCUT2D eigenvalue weighted by atomic mass is 32.2. The van der Waals surface area contributed by atoms with Crippen LogP contribution >= 0.6 is 0 Å². The van der Waals surface area contributed by atoms with Gasteiger partial charge in [0.1, 0.15) is 10.6 Å². The van der Waals surface area contributed by atoms with Gasteiger partial charge in [0.25, 0.3) is 0 Å². The van der Waals surface area contributed by atoms with Crippen molar-refractivity contribution < 1.29 is 13.2 Å². The molecule has 2 rings (SSSR count). The first-order valence-electron chi connectivity index (χ1n) is 6.89. The molecule has 0 unspecified atom stereocenters. The molecule has 0 saturated carbocycles. The van der Waals surface area contributed by atoms with Crippen LogP contribution in [0.4, 0.5) is 0 Å². The Bertz CT molecular complexity index is 552. The van der Waals surface area contributed by atoms with Crippen LogP contribution in [0.2, 0.25) is 0 Å². The van der Waals surface area contributed by atoms with Crippen molar-refractivity contribution in [3.63, 3.8) is 0 Å². The summed E-state index contributed by atoms with van der Waals surface area (Å²) in [5.74, 6) is 0.379. The molecule has 1 aliphatic heterocycles. The Morgan fingerprint density at radius 3 is 2.65 bits per heavy atom. The van der Waals surface area contributed by atoms with Crippen LogP contribution < -0.4 is 9.46 Å². The van der Waals surface area contributed by atoms with E-state index in [1.54, 1.807) is 12.1 Å². The smallest absolute Gasteiger partial charge is 0.244 e. The molecule has 0 atom stereocenters. The van der Waals surface area contributed by atoms with Crippen molar-refractivity contribution in [1.82, 2.24) is 9.62 Å². The minimum absolute atomic E-state index is 0.210. The maximum atomic E-state index is 12.3. The quantitative estimate of drug-likeness (QED) is 0.862. The molecule has 1 fully saturated rings. The number of hydrogen-bond acceptors (Lipinski definition) is 4. The minimum atomic E-state index is -3.52. The van der Waals surface area contributed by atoms with E-state index in [0.29, 0.717) is 12.3 Å². The van der Waals surface area contributed by atoms with Crippen molar-refractivity contribution in [2.24, 2.45) is 0 Å². The number of methoxy groups -OCH3 is 1. The topological polar surface area (TPSA) is 58.6 Å². The summed E-state index contributed by atoms with van der Waals surface area (Å²) < 4.78 is 32.4. The normalized spacial score (nSPS) is 16.5. The zero-order chi connectivity index (χ0) is 14.6. The second kappa shape index (κ2) is 6.56. The summed E-state index contributed by atoms with van der Waals surface area (Å²) in [4.78, 5) is 2.48. The number of aryl methyl sites for hydroxylation is 1. The first-order chi connectivity index (χ1) is 9.53. The fourth-order valence-electron chi connectivity index (χ4n) is 2.42. The Morgan fingerprint density at radius 1 is 1.30 bits per heavy atom. The summed E-state index contributed by atoms with van der Waals surface area (Å²) in [6.45, 7) is 5.18. The van der Waals surface area contributed by atoms with Crippen molar-refractivity contribution in [3.05, 3.63) is 23.8 Å². The number of ether oxygens (including phenoxy) is 1. The van der Waals surface area contributed by atoms with Crippen molar-refractivity contribution in [3.8, 4) is 5.75 Å². The molecule has 1 heterocycles. The Labute approximate surface area is 121 Å². The molecule has 6 heteroatoms. The minimum Gasteiger partial charge on any atom is -0.495 e. The van der Waals surface area contributed by atoms with Gasteiger partial charge >= 0.3 is 0 Å². The number of likely N-dealkylation sites (tertiary alicyclic amines) is 1. The van der Waals surface area contributed by atoms with Crippen molar-refractivity contribution in [2.45, 2.75) is 24.7 Å². The lowest BCUT2D eigenvalue weighted by Crippen LogP contribution is -2.33. The second-order valence-corrected chi connectivity index (χ2v) is 6.84. The maximum absolute atomic E-state index is 12.3. The Kier molecular flexibility index (Phi) is 5.01. The molecule has 0 radical (unpaired) electrons. The van der Waals surface area contributed by atoms with E-state index in [0.717, 1.165) is 25.2 Å². The first kappa shape index (κ1) is 15.3. The van der Waals surface area contributed by atoms with E-state index in [2.05, 4.69) is 9.62 Å². The molecule has 1 aromatic carbocycles. The predicted octanol–water partition coefficient (Wildman–Crippen LogP) is 1.38. The molecule has 1 aliphatic rings. The van der Waals surface area contributed by atoms with E-state index >= 15 is 0 Å². The van der Waals surface area contributed by atoms with Gasteiger partial charge in [0.05, 0.1) is 7.11 Å². The molecule has 0 bridgehead atoms. The number of hydrogen-bond donors (Lipinski definition) is 1. The van der Waals surface area contributed by atoms with Gasteiger partial charge in [-0.2, -0.15) is 0 Å². The van der Waals surface area contributed by atoms with Gasteiger partial charge in [0, 0.05) is 13.1 Å². The first-order valence-corrected chi connectivity index (χ1v) is 8.38. The Balaban J connectivity index is 2.03. The summed E-state index contributed by atoms with van der Waals surface area (Å²) in [6.07, 6.45) is 2.41. The maximum Gasteiger partial charge on any atom is 0.244 e. The van der Waals surface area contributed by atoms with Gasteiger partial charge in [0.15, 0.2) is 0 Å². The number of benzene rings is 1. The molecule has 5 nitrogen and oxygen atoms in total. The third kappa shape index (κ3) is 3.71. The van der Waals surface area contributed by atoms with Crippen LogP contribution in [0.25, 0.3) is 0 Å². The molecule has 0 spiro atoms. The van der Waals surface area contributed by atoms with E-state index in [1.165, 1.54) is 20.0 Å². The summed E-state index contributed by atoms with van der Waals surface area (Å²) in [7, 11) is -2.04. The van der Waals surface area contributed by atoms with Gasteiger partial charge in [-0.15, -0.1) is 0 Å². The lowest BCUT2D eigenvalue weighted by Gasteiger charge is -2.16. The fraction of sp³-hybridized carbons (Fsp3) is 0.571. The standard InChI is InChI=1S/C14H22N2O3S/c1-12-5-6-13(19-2)14(11-12)20(17,18)15-7-10-16-8-3-4-9-16/h5-6,11,15H,3-4,7-10H2,1-2H3. The van der Waals surface area contributed by atoms with Crippen molar-refractivity contribution >= 4 is 10.0 Å². The predicted molar refractivity (Wildman–Crippen MR) is 78.6 cm³/mol. The van der Waals surface area contributed by atoms with Crippen LogP contribution in [0.3, 0.4) is 0 Å². The van der Waals surface area contributed by atoms with Crippen LogP contribution in [0.15, 0.2) is 23.1 Å². The molecule has 1 aromatic rings. The SMILES string of the molecule is COc1ccc(C)cc1S(=O)(=O)NCCN1CCCC1. The van der Waals surface area contributed by atoms with E-state index in [1.807, 2.05) is 13.0 Å². The molecule has 1 N–H and O–H groups in total. The van der Waals surface area contributed by atoms with Crippen molar-refractivity contribution in [1.29, 1.82) is 0 Å². The molecular formula is C14H22N2O3S. The Morgan fingerprint density at radius 2 is 2.00 bits per heavy atom. The molecule has 112 valence electrons. The Hall–Kier alpha value is -1.11. The van der Waals surface area contributed by atoms with Gasteiger partial charge in [0.2, 0.25) is 10.0 Å². The highest BCUT2D eigenvalue weighted by molar-refractivity contribution is 7.89. The lowest BCUT2D eigenvalue weighted by molar-refractivity contribution is 0.344. The van der Waals surface area contributed by atoms with Gasteiger partial charge in [-0.05, 0) is 50.6 Å². The zero-order valence-corrected chi connectivity index (χ0v) is 12.9. The zero-order valence-electron chi connectivity index (χ0n) is 12.1. The van der Waals surface area contributed by atoms with Gasteiger partial charge in [-0.25, -0.2) is 13.1 Å². The number of rotatable bonds is 6. The van der Waals surface area contributed by atoms with E-state index in [9.17, 15) is 8.42 Å². The van der Waals surface area contributed by atoms with Crippen LogP contribution in [0.1, 0.15) is 18.4 Å². The van der Waals surface area contributed by atoms with E-state index in [-0.39, 0.29) is 4.90 Å². The lowest BCUT2D eigenvalue weighted by atomic mass is 10.2. The van der Waals surface area contributed by atoms with Crippen LogP contribution in [-0.4, -0.2) is 46.6 Å². The molecule has 20 heavy (non-hydrogen) atoms. The van der Waals surface area contributed by atoms with Crippen molar-refractivity contribution in [2.75, 3.05) is 33.3 Å². The highest BCUT2D eigenvalue weighted by Gasteiger charge is 2.20. The van der Waals surface area contributed by atoms with Gasteiger partial charge in [-0.1, -0.05) is 6.07 Å². The summed E-state index contributed by atoms with van der Waals surface area (Å²) >= 11 is 0. The number of nitrogens with zero attached hydrogens (tertiary/aromatic N) is 1. The molecule has 0 amide bonds. The summed E-state index contributed by atoms with van der Waals surface area (Å²) in [6, 6.07) is 5.16. The van der Waals surface area contributed by atoms with Crippen LogP contribution in [0.5, 0.6) is 5.75 Å². The monoisotopic (exact) mass is 298 g/mol. The highest BCUT2D eigenvalue weighted by Crippen LogP contribution is 2.24.